The minimum Gasteiger partial charge on any atom is -0.493 e. The Morgan fingerprint density at radius 1 is 1.19 bits per heavy atom. The normalized spacial score (nSPS) is 11.0. The molecule has 5 heteroatoms. The number of aryl methyl sites for hydroxylation is 2. The van der Waals surface area contributed by atoms with E-state index >= 15 is 0 Å². The standard InChI is InChI=1S/C16H27N3O.HI/c1-5-19(6-2)16(17)18-11-8-12-20-15-13(3)9-7-10-14(15)4;/h7,9-10H,5-6,8,11-12H2,1-4H3,(H2,17,18);1H. The maximum atomic E-state index is 5.92. The SMILES string of the molecule is CCN(CC)C(N)=NCCCOc1c(C)cccc1C.I. The fourth-order valence-electron chi connectivity index (χ4n) is 2.11. The molecule has 0 heterocycles. The first-order chi connectivity index (χ1) is 9.60. The van der Waals surface area contributed by atoms with Gasteiger partial charge in [0, 0.05) is 26.1 Å². The fourth-order valence-corrected chi connectivity index (χ4v) is 2.11. The van der Waals surface area contributed by atoms with Crippen LogP contribution < -0.4 is 10.5 Å². The Labute approximate surface area is 145 Å². The third-order valence-corrected chi connectivity index (χ3v) is 3.32. The van der Waals surface area contributed by atoms with Gasteiger partial charge in [0.1, 0.15) is 5.75 Å². The molecule has 0 fully saturated rings. The van der Waals surface area contributed by atoms with Gasteiger partial charge in [-0.1, -0.05) is 18.2 Å². The van der Waals surface area contributed by atoms with Crippen molar-refractivity contribution in [2.45, 2.75) is 34.1 Å². The molecule has 120 valence electrons. The van der Waals surface area contributed by atoms with Crippen LogP contribution in [0.4, 0.5) is 0 Å². The zero-order valence-corrected chi connectivity index (χ0v) is 15.9. The molecule has 0 bridgehead atoms. The quantitative estimate of drug-likeness (QED) is 0.328. The van der Waals surface area contributed by atoms with Gasteiger partial charge in [0.15, 0.2) is 5.96 Å². The molecule has 0 aliphatic heterocycles. The van der Waals surface area contributed by atoms with Gasteiger partial charge in [0.25, 0.3) is 0 Å². The number of nitrogens with two attached hydrogens (primary N) is 1. The highest BCUT2D eigenvalue weighted by molar-refractivity contribution is 14.0. The van der Waals surface area contributed by atoms with Crippen LogP contribution in [0, 0.1) is 13.8 Å². The van der Waals surface area contributed by atoms with Gasteiger partial charge in [0.05, 0.1) is 6.61 Å². The lowest BCUT2D eigenvalue weighted by molar-refractivity contribution is 0.309. The molecule has 0 aliphatic carbocycles. The van der Waals surface area contributed by atoms with Crippen LogP contribution in [-0.2, 0) is 0 Å². The van der Waals surface area contributed by atoms with E-state index in [1.807, 2.05) is 11.0 Å². The molecular weight excluding hydrogens is 377 g/mol. The molecule has 1 aromatic carbocycles. The van der Waals surface area contributed by atoms with E-state index in [0.717, 1.165) is 25.3 Å². The predicted molar refractivity (Wildman–Crippen MR) is 101 cm³/mol. The summed E-state index contributed by atoms with van der Waals surface area (Å²) >= 11 is 0. The van der Waals surface area contributed by atoms with Crippen molar-refractivity contribution in [2.24, 2.45) is 10.7 Å². The molecule has 0 amide bonds. The van der Waals surface area contributed by atoms with Gasteiger partial charge in [0.2, 0.25) is 0 Å². The summed E-state index contributed by atoms with van der Waals surface area (Å²) < 4.78 is 5.84. The topological polar surface area (TPSA) is 50.8 Å². The summed E-state index contributed by atoms with van der Waals surface area (Å²) in [4.78, 5) is 6.43. The van der Waals surface area contributed by atoms with Gasteiger partial charge in [-0.2, -0.15) is 0 Å². The number of benzene rings is 1. The number of hydrogen-bond acceptors (Lipinski definition) is 2. The second-order valence-electron chi connectivity index (χ2n) is 4.84. The Kier molecular flexibility index (Phi) is 10.2. The predicted octanol–water partition coefficient (Wildman–Crippen LogP) is 3.35. The van der Waals surface area contributed by atoms with Crippen LogP contribution in [-0.4, -0.2) is 37.1 Å². The third kappa shape index (κ3) is 6.54. The lowest BCUT2D eigenvalue weighted by Gasteiger charge is -2.19. The Balaban J connectivity index is 0.00000400. The highest BCUT2D eigenvalue weighted by Crippen LogP contribution is 2.22. The van der Waals surface area contributed by atoms with E-state index in [0.29, 0.717) is 19.1 Å². The summed E-state index contributed by atoms with van der Waals surface area (Å²) in [6.45, 7) is 11.5. The molecule has 0 saturated carbocycles. The van der Waals surface area contributed by atoms with Crippen LogP contribution in [0.1, 0.15) is 31.4 Å². The number of aliphatic imine (C=N–C) groups is 1. The van der Waals surface area contributed by atoms with Crippen molar-refractivity contribution in [2.75, 3.05) is 26.2 Å². The maximum Gasteiger partial charge on any atom is 0.191 e. The first kappa shape index (κ1) is 20.0. The second-order valence-corrected chi connectivity index (χ2v) is 4.84. The average molecular weight is 405 g/mol. The average Bonchev–Trinajstić information content (AvgIpc) is 2.42. The van der Waals surface area contributed by atoms with Crippen LogP contribution in [0.3, 0.4) is 0 Å². The van der Waals surface area contributed by atoms with Crippen molar-refractivity contribution >= 4 is 29.9 Å². The van der Waals surface area contributed by atoms with Gasteiger partial charge >= 0.3 is 0 Å². The molecule has 0 saturated heterocycles. The van der Waals surface area contributed by atoms with E-state index < -0.39 is 0 Å². The van der Waals surface area contributed by atoms with E-state index in [1.54, 1.807) is 0 Å². The molecular formula is C16H28IN3O. The molecule has 0 aliphatic rings. The highest BCUT2D eigenvalue weighted by Gasteiger charge is 2.03. The zero-order valence-electron chi connectivity index (χ0n) is 13.6. The summed E-state index contributed by atoms with van der Waals surface area (Å²) in [5, 5.41) is 0. The van der Waals surface area contributed by atoms with E-state index in [-0.39, 0.29) is 24.0 Å². The molecule has 4 nitrogen and oxygen atoms in total. The number of ether oxygens (including phenoxy) is 1. The van der Waals surface area contributed by atoms with E-state index in [4.69, 9.17) is 10.5 Å². The molecule has 1 rings (SSSR count). The van der Waals surface area contributed by atoms with Crippen molar-refractivity contribution in [3.63, 3.8) is 0 Å². The molecule has 0 spiro atoms. The summed E-state index contributed by atoms with van der Waals surface area (Å²) in [6.07, 6.45) is 0.871. The highest BCUT2D eigenvalue weighted by atomic mass is 127. The number of rotatable bonds is 7. The fraction of sp³-hybridized carbons (Fsp3) is 0.562. The van der Waals surface area contributed by atoms with Gasteiger partial charge in [-0.3, -0.25) is 4.99 Å². The molecule has 0 unspecified atom stereocenters. The molecule has 0 radical (unpaired) electrons. The number of nitrogens with zero attached hydrogens (tertiary/aromatic N) is 2. The number of halogens is 1. The molecule has 0 aromatic heterocycles. The minimum atomic E-state index is 0. The van der Waals surface area contributed by atoms with E-state index in [2.05, 4.69) is 44.8 Å². The second kappa shape index (κ2) is 10.7. The van der Waals surface area contributed by atoms with E-state index in [1.165, 1.54) is 11.1 Å². The maximum absolute atomic E-state index is 5.92. The number of guanidine groups is 1. The lowest BCUT2D eigenvalue weighted by Crippen LogP contribution is -2.37. The molecule has 21 heavy (non-hydrogen) atoms. The largest absolute Gasteiger partial charge is 0.493 e. The Morgan fingerprint density at radius 3 is 2.29 bits per heavy atom. The Hall–Kier alpha value is -0.980. The molecule has 0 atom stereocenters. The summed E-state index contributed by atoms with van der Waals surface area (Å²) in [6, 6.07) is 6.18. The Morgan fingerprint density at radius 2 is 1.76 bits per heavy atom. The Bertz CT molecular complexity index is 425. The molecule has 2 N–H and O–H groups in total. The van der Waals surface area contributed by atoms with Crippen LogP contribution in [0.25, 0.3) is 0 Å². The monoisotopic (exact) mass is 405 g/mol. The van der Waals surface area contributed by atoms with Crippen molar-refractivity contribution in [1.82, 2.24) is 4.90 Å². The third-order valence-electron chi connectivity index (χ3n) is 3.32. The summed E-state index contributed by atoms with van der Waals surface area (Å²) in [7, 11) is 0. The van der Waals surface area contributed by atoms with Crippen LogP contribution in [0.5, 0.6) is 5.75 Å². The summed E-state index contributed by atoms with van der Waals surface area (Å²) in [5.74, 6) is 1.62. The first-order valence-corrected chi connectivity index (χ1v) is 7.34. The van der Waals surface area contributed by atoms with Gasteiger partial charge in [-0.05, 0) is 38.8 Å². The van der Waals surface area contributed by atoms with Gasteiger partial charge in [-0.15, -0.1) is 24.0 Å². The summed E-state index contributed by atoms with van der Waals surface area (Å²) in [5.41, 5.74) is 8.27. The van der Waals surface area contributed by atoms with Crippen molar-refractivity contribution in [3.05, 3.63) is 29.3 Å². The number of para-hydroxylation sites is 1. The lowest BCUT2D eigenvalue weighted by atomic mass is 10.1. The van der Waals surface area contributed by atoms with Crippen LogP contribution >= 0.6 is 24.0 Å². The number of hydrogen-bond donors (Lipinski definition) is 1. The zero-order chi connectivity index (χ0) is 15.0. The smallest absolute Gasteiger partial charge is 0.191 e. The molecule has 1 aromatic rings. The van der Waals surface area contributed by atoms with E-state index in [9.17, 15) is 0 Å². The van der Waals surface area contributed by atoms with Crippen molar-refractivity contribution in [3.8, 4) is 5.75 Å². The minimum absolute atomic E-state index is 0. The van der Waals surface area contributed by atoms with Gasteiger partial charge < -0.3 is 15.4 Å². The van der Waals surface area contributed by atoms with Crippen LogP contribution in [0.2, 0.25) is 0 Å². The first-order valence-electron chi connectivity index (χ1n) is 7.34. The van der Waals surface area contributed by atoms with Gasteiger partial charge in [-0.25, -0.2) is 0 Å². The van der Waals surface area contributed by atoms with Crippen molar-refractivity contribution in [1.29, 1.82) is 0 Å². The van der Waals surface area contributed by atoms with Crippen molar-refractivity contribution < 1.29 is 4.74 Å². The van der Waals surface area contributed by atoms with Crippen LogP contribution in [0.15, 0.2) is 23.2 Å².